The van der Waals surface area contributed by atoms with Gasteiger partial charge in [-0.05, 0) is 64.2 Å². The summed E-state index contributed by atoms with van der Waals surface area (Å²) in [5.41, 5.74) is 0. The van der Waals surface area contributed by atoms with E-state index >= 15 is 0 Å². The van der Waals surface area contributed by atoms with Crippen LogP contribution in [0.5, 0.6) is 0 Å². The molecule has 0 radical (unpaired) electrons. The summed E-state index contributed by atoms with van der Waals surface area (Å²) in [5, 5.41) is 13.1. The van der Waals surface area contributed by atoms with E-state index in [2.05, 4.69) is 79.9 Å². The number of rotatable bonds is 31. The van der Waals surface area contributed by atoms with Gasteiger partial charge in [-0.15, -0.1) is 0 Å². The van der Waals surface area contributed by atoms with Gasteiger partial charge in [0.05, 0.1) is 17.9 Å². The second kappa shape index (κ2) is 32.7. The summed E-state index contributed by atoms with van der Waals surface area (Å²) < 4.78 is 32.3. The van der Waals surface area contributed by atoms with E-state index in [0.717, 1.165) is 70.6 Å². The van der Waals surface area contributed by atoms with Crippen molar-refractivity contribution in [3.8, 4) is 0 Å². The Kier molecular flexibility index (Phi) is 31.1. The van der Waals surface area contributed by atoms with Gasteiger partial charge in [0, 0.05) is 6.42 Å². The molecular formula is C39H67NO5S. The molecule has 6 nitrogen and oxygen atoms in total. The molecule has 1 amide bonds. The number of hydrogen-bond donors (Lipinski definition) is 3. The van der Waals surface area contributed by atoms with E-state index in [0.29, 0.717) is 6.42 Å². The van der Waals surface area contributed by atoms with E-state index in [4.69, 9.17) is 0 Å². The van der Waals surface area contributed by atoms with Crippen LogP contribution < -0.4 is 5.32 Å². The van der Waals surface area contributed by atoms with Crippen molar-refractivity contribution in [1.82, 2.24) is 5.32 Å². The number of carbonyl (C=O) groups is 1. The summed E-state index contributed by atoms with van der Waals surface area (Å²) in [6, 6.07) is -1.08. The van der Waals surface area contributed by atoms with Crippen molar-refractivity contribution in [2.24, 2.45) is 0 Å². The Hall–Kier alpha value is -2.22. The average Bonchev–Trinajstić information content (AvgIpc) is 3.01. The maximum absolute atomic E-state index is 12.4. The van der Waals surface area contributed by atoms with E-state index in [1.165, 1.54) is 57.4 Å². The molecule has 0 bridgehead atoms. The van der Waals surface area contributed by atoms with Crippen LogP contribution in [-0.2, 0) is 14.9 Å². The SMILES string of the molecule is CC/C=C\C/C=C\C/C=C\C/C=C\C/C=C\CCCCCC(=O)NC(CS(=O)(=O)O)C(O)/C=C/CCCCCCCCCCCC. The molecule has 7 heteroatoms. The highest BCUT2D eigenvalue weighted by molar-refractivity contribution is 7.85. The zero-order valence-electron chi connectivity index (χ0n) is 29.2. The number of aliphatic hydroxyl groups excluding tert-OH is 1. The molecule has 0 aromatic rings. The summed E-state index contributed by atoms with van der Waals surface area (Å²) >= 11 is 0. The Labute approximate surface area is 283 Å². The Bertz CT molecular complexity index is 994. The van der Waals surface area contributed by atoms with Gasteiger partial charge in [0.1, 0.15) is 0 Å². The van der Waals surface area contributed by atoms with Gasteiger partial charge >= 0.3 is 0 Å². The monoisotopic (exact) mass is 661 g/mol. The van der Waals surface area contributed by atoms with Crippen LogP contribution in [0.3, 0.4) is 0 Å². The topological polar surface area (TPSA) is 104 Å². The molecular weight excluding hydrogens is 594 g/mol. The van der Waals surface area contributed by atoms with E-state index in [1.807, 2.05) is 6.08 Å². The van der Waals surface area contributed by atoms with Crippen molar-refractivity contribution in [1.29, 1.82) is 0 Å². The van der Waals surface area contributed by atoms with Crippen molar-refractivity contribution < 1.29 is 22.9 Å². The van der Waals surface area contributed by atoms with Gasteiger partial charge in [-0.2, -0.15) is 8.42 Å². The maximum Gasteiger partial charge on any atom is 0.267 e. The summed E-state index contributed by atoms with van der Waals surface area (Å²) in [5.74, 6) is -1.03. The number of carbonyl (C=O) groups excluding carboxylic acids is 1. The first kappa shape index (κ1) is 43.8. The number of unbranched alkanes of at least 4 members (excludes halogenated alkanes) is 13. The van der Waals surface area contributed by atoms with Crippen LogP contribution in [0.15, 0.2) is 72.9 Å². The molecule has 0 aliphatic rings. The minimum atomic E-state index is -4.35. The Balaban J connectivity index is 4.09. The molecule has 0 rings (SSSR count). The molecule has 0 heterocycles. The first-order valence-electron chi connectivity index (χ1n) is 18.1. The molecule has 0 spiro atoms. The number of amides is 1. The minimum absolute atomic E-state index is 0.253. The molecule has 2 unspecified atom stereocenters. The fourth-order valence-corrected chi connectivity index (χ4v) is 5.68. The van der Waals surface area contributed by atoms with E-state index < -0.39 is 28.0 Å². The number of hydrogen-bond acceptors (Lipinski definition) is 4. The molecule has 3 N–H and O–H groups in total. The van der Waals surface area contributed by atoms with Gasteiger partial charge in [0.2, 0.25) is 5.91 Å². The van der Waals surface area contributed by atoms with E-state index in [1.54, 1.807) is 0 Å². The van der Waals surface area contributed by atoms with Gasteiger partial charge in [0.15, 0.2) is 0 Å². The van der Waals surface area contributed by atoms with Crippen molar-refractivity contribution >= 4 is 16.0 Å². The third kappa shape index (κ3) is 33.2. The van der Waals surface area contributed by atoms with Crippen molar-refractivity contribution in [2.45, 2.75) is 161 Å². The van der Waals surface area contributed by atoms with Gasteiger partial charge in [-0.3, -0.25) is 9.35 Å². The Morgan fingerprint density at radius 3 is 1.54 bits per heavy atom. The fraction of sp³-hybridized carbons (Fsp3) is 0.667. The highest BCUT2D eigenvalue weighted by Crippen LogP contribution is 2.12. The van der Waals surface area contributed by atoms with E-state index in [-0.39, 0.29) is 12.3 Å². The van der Waals surface area contributed by atoms with Crippen molar-refractivity contribution in [3.63, 3.8) is 0 Å². The molecule has 0 fully saturated rings. The zero-order chi connectivity index (χ0) is 34.0. The van der Waals surface area contributed by atoms with Crippen LogP contribution in [0.1, 0.15) is 149 Å². The van der Waals surface area contributed by atoms with Crippen LogP contribution in [-0.4, -0.2) is 41.9 Å². The van der Waals surface area contributed by atoms with Gasteiger partial charge in [0.25, 0.3) is 10.1 Å². The molecule has 0 aliphatic heterocycles. The third-order valence-corrected chi connectivity index (χ3v) is 8.42. The fourth-order valence-electron chi connectivity index (χ4n) is 4.94. The molecule has 46 heavy (non-hydrogen) atoms. The quantitative estimate of drug-likeness (QED) is 0.0390. The maximum atomic E-state index is 12.4. The average molecular weight is 662 g/mol. The van der Waals surface area contributed by atoms with Crippen LogP contribution in [0.25, 0.3) is 0 Å². The summed E-state index contributed by atoms with van der Waals surface area (Å²) in [6.45, 7) is 4.37. The summed E-state index contributed by atoms with van der Waals surface area (Å²) in [7, 11) is -4.35. The van der Waals surface area contributed by atoms with Crippen molar-refractivity contribution in [3.05, 3.63) is 72.9 Å². The normalized spacial score (nSPS) is 14.3. The van der Waals surface area contributed by atoms with Gasteiger partial charge < -0.3 is 10.4 Å². The highest BCUT2D eigenvalue weighted by atomic mass is 32.2. The summed E-state index contributed by atoms with van der Waals surface area (Å²) in [4.78, 5) is 12.4. The zero-order valence-corrected chi connectivity index (χ0v) is 30.0. The van der Waals surface area contributed by atoms with Crippen LogP contribution >= 0.6 is 0 Å². The lowest BCUT2D eigenvalue weighted by Gasteiger charge is -2.21. The lowest BCUT2D eigenvalue weighted by molar-refractivity contribution is -0.122. The largest absolute Gasteiger partial charge is 0.387 e. The van der Waals surface area contributed by atoms with Crippen LogP contribution in [0.4, 0.5) is 0 Å². The minimum Gasteiger partial charge on any atom is -0.387 e. The van der Waals surface area contributed by atoms with Gasteiger partial charge in [-0.1, -0.05) is 151 Å². The molecule has 264 valence electrons. The Morgan fingerprint density at radius 2 is 1.04 bits per heavy atom. The van der Waals surface area contributed by atoms with Crippen LogP contribution in [0.2, 0.25) is 0 Å². The lowest BCUT2D eigenvalue weighted by Crippen LogP contribution is -2.46. The molecule has 0 saturated heterocycles. The molecule has 0 aliphatic carbocycles. The number of allylic oxidation sites excluding steroid dienone is 11. The second-order valence-electron chi connectivity index (χ2n) is 12.1. The molecule has 0 aromatic carbocycles. The predicted octanol–water partition coefficient (Wildman–Crippen LogP) is 10.3. The van der Waals surface area contributed by atoms with E-state index in [9.17, 15) is 22.9 Å². The third-order valence-electron chi connectivity index (χ3n) is 7.64. The highest BCUT2D eigenvalue weighted by Gasteiger charge is 2.24. The number of nitrogens with one attached hydrogen (secondary N) is 1. The second-order valence-corrected chi connectivity index (χ2v) is 13.6. The van der Waals surface area contributed by atoms with Gasteiger partial charge in [-0.25, -0.2) is 0 Å². The molecule has 0 saturated carbocycles. The molecule has 0 aromatic heterocycles. The van der Waals surface area contributed by atoms with Crippen molar-refractivity contribution in [2.75, 3.05) is 5.75 Å². The smallest absolute Gasteiger partial charge is 0.267 e. The first-order chi connectivity index (χ1) is 22.3. The predicted molar refractivity (Wildman–Crippen MR) is 197 cm³/mol. The van der Waals surface area contributed by atoms with Crippen LogP contribution in [0, 0.1) is 0 Å². The standard InChI is InChI=1S/C39H67NO5S/c1-3-5-7-9-11-13-15-17-18-19-20-21-22-23-25-27-29-31-33-35-39(42)40-37(36-46(43,44)45)38(41)34-32-30-28-26-24-16-14-12-10-8-6-4-2/h5,7,11,13,17-18,20-21,23,25,32,34,37-38,41H,3-4,6,8-10,12,14-16,19,22,24,26-31,33,35-36H2,1-2H3,(H,40,42)(H,43,44,45)/b7-5-,13-11-,18-17-,21-20-,25-23-,34-32+. The number of aliphatic hydroxyl groups is 1. The lowest BCUT2D eigenvalue weighted by atomic mass is 10.1. The molecule has 2 atom stereocenters. The Morgan fingerprint density at radius 1 is 0.609 bits per heavy atom. The summed E-state index contributed by atoms with van der Waals surface area (Å²) in [6.07, 6.45) is 45.9. The first-order valence-corrected chi connectivity index (χ1v) is 19.7.